The number of nitrogens with one attached hydrogen (secondary N) is 2. The Bertz CT molecular complexity index is 545. The second-order valence-corrected chi connectivity index (χ2v) is 6.60. The highest BCUT2D eigenvalue weighted by molar-refractivity contribution is 5.84. The Kier molecular flexibility index (Phi) is 4.72. The normalized spacial score (nSPS) is 16.8. The first-order chi connectivity index (χ1) is 10.2. The number of amides is 1. The molecule has 0 bridgehead atoms. The monoisotopic (exact) mass is 310 g/mol. The molecule has 1 fully saturated rings. The molecule has 0 atom stereocenters. The van der Waals surface area contributed by atoms with Crippen molar-refractivity contribution in [2.24, 2.45) is 0 Å². The Balaban J connectivity index is 2.08. The molecule has 0 unspecified atom stereocenters. The highest BCUT2D eigenvalue weighted by Gasteiger charge is 2.37. The topological polar surface area (TPSA) is 59.6 Å². The number of carbonyl (C=O) groups is 1. The number of hydrogen-bond acceptors (Lipinski definition) is 4. The first kappa shape index (κ1) is 16.7. The summed E-state index contributed by atoms with van der Waals surface area (Å²) in [5.41, 5.74) is 0.0665. The van der Waals surface area contributed by atoms with Gasteiger partial charge in [-0.15, -0.1) is 0 Å². The van der Waals surface area contributed by atoms with Crippen molar-refractivity contribution in [3.8, 4) is 0 Å². The first-order valence-electron chi connectivity index (χ1n) is 7.27. The maximum atomic E-state index is 14.0. The number of ether oxygens (including phenoxy) is 2. The van der Waals surface area contributed by atoms with Gasteiger partial charge in [0.25, 0.3) is 0 Å². The minimum atomic E-state index is -0.579. The Morgan fingerprint density at radius 1 is 1.41 bits per heavy atom. The van der Waals surface area contributed by atoms with Gasteiger partial charge in [-0.25, -0.2) is 9.18 Å². The summed E-state index contributed by atoms with van der Waals surface area (Å²) in [5.74, 6) is -0.307. The molecule has 0 saturated carbocycles. The van der Waals surface area contributed by atoms with Gasteiger partial charge in [0.15, 0.2) is 0 Å². The standard InChI is InChI=1S/C16H23FN2O3/c1-15(2,3)22-14(20)19-12-5-6-13(17)11(7-12)8-16(21-4)9-18-10-16/h5-7,18H,8-10H2,1-4H3,(H,19,20). The number of carbonyl (C=O) groups excluding carboxylic acids is 1. The third-order valence-electron chi connectivity index (χ3n) is 3.53. The van der Waals surface area contributed by atoms with Crippen LogP contribution in [0, 0.1) is 5.82 Å². The van der Waals surface area contributed by atoms with Crippen LogP contribution in [0.4, 0.5) is 14.9 Å². The predicted octanol–water partition coefficient (Wildman–Crippen LogP) is 2.70. The van der Waals surface area contributed by atoms with E-state index in [4.69, 9.17) is 9.47 Å². The van der Waals surface area contributed by atoms with Gasteiger partial charge in [-0.05, 0) is 44.5 Å². The fourth-order valence-corrected chi connectivity index (χ4v) is 2.30. The van der Waals surface area contributed by atoms with Crippen LogP contribution in [0.5, 0.6) is 0 Å². The van der Waals surface area contributed by atoms with E-state index in [9.17, 15) is 9.18 Å². The van der Waals surface area contributed by atoms with Crippen LogP contribution in [0.15, 0.2) is 18.2 Å². The predicted molar refractivity (Wildman–Crippen MR) is 82.6 cm³/mol. The number of benzene rings is 1. The molecule has 1 heterocycles. The average molecular weight is 310 g/mol. The van der Waals surface area contributed by atoms with E-state index in [0.29, 0.717) is 30.8 Å². The fraction of sp³-hybridized carbons (Fsp3) is 0.562. The summed E-state index contributed by atoms with van der Waals surface area (Å²) in [6.07, 6.45) is -0.108. The van der Waals surface area contributed by atoms with Gasteiger partial charge in [0.2, 0.25) is 0 Å². The van der Waals surface area contributed by atoms with E-state index in [1.54, 1.807) is 33.9 Å². The van der Waals surface area contributed by atoms with E-state index in [2.05, 4.69) is 10.6 Å². The summed E-state index contributed by atoms with van der Waals surface area (Å²) < 4.78 is 24.7. The summed E-state index contributed by atoms with van der Waals surface area (Å²) >= 11 is 0. The summed E-state index contributed by atoms with van der Waals surface area (Å²) in [6.45, 7) is 6.73. The molecule has 122 valence electrons. The molecule has 1 aliphatic rings. The summed E-state index contributed by atoms with van der Waals surface area (Å²) in [4.78, 5) is 11.8. The van der Waals surface area contributed by atoms with Crippen molar-refractivity contribution in [1.29, 1.82) is 0 Å². The molecule has 0 aliphatic carbocycles. The molecule has 0 radical (unpaired) electrons. The molecule has 0 aromatic heterocycles. The third-order valence-corrected chi connectivity index (χ3v) is 3.53. The van der Waals surface area contributed by atoms with Crippen molar-refractivity contribution >= 4 is 11.8 Å². The summed E-state index contributed by atoms with van der Waals surface area (Å²) in [6, 6.07) is 4.48. The molecule has 6 heteroatoms. The van der Waals surface area contributed by atoms with Crippen LogP contribution in [-0.2, 0) is 15.9 Å². The lowest BCUT2D eigenvalue weighted by Gasteiger charge is -2.41. The zero-order valence-corrected chi connectivity index (χ0v) is 13.5. The second-order valence-electron chi connectivity index (χ2n) is 6.60. The lowest BCUT2D eigenvalue weighted by molar-refractivity contribution is -0.0507. The second kappa shape index (κ2) is 6.22. The smallest absolute Gasteiger partial charge is 0.412 e. The van der Waals surface area contributed by atoms with Crippen LogP contribution in [-0.4, -0.2) is 37.5 Å². The Labute approximate surface area is 130 Å². The molecule has 5 nitrogen and oxygen atoms in total. The van der Waals surface area contributed by atoms with Crippen LogP contribution in [0.2, 0.25) is 0 Å². The highest BCUT2D eigenvalue weighted by atomic mass is 19.1. The number of rotatable bonds is 4. The minimum absolute atomic E-state index is 0.307. The average Bonchev–Trinajstić information content (AvgIpc) is 2.35. The van der Waals surface area contributed by atoms with E-state index >= 15 is 0 Å². The Hall–Kier alpha value is -1.66. The molecule has 1 saturated heterocycles. The van der Waals surface area contributed by atoms with Gasteiger partial charge in [-0.3, -0.25) is 5.32 Å². The van der Waals surface area contributed by atoms with Crippen LogP contribution < -0.4 is 10.6 Å². The molecule has 2 N–H and O–H groups in total. The van der Waals surface area contributed by atoms with Gasteiger partial charge in [-0.2, -0.15) is 0 Å². The summed E-state index contributed by atoms with van der Waals surface area (Å²) in [5, 5.41) is 5.75. The van der Waals surface area contributed by atoms with Gasteiger partial charge >= 0.3 is 6.09 Å². The van der Waals surface area contributed by atoms with Gasteiger partial charge in [-0.1, -0.05) is 0 Å². The van der Waals surface area contributed by atoms with Crippen LogP contribution >= 0.6 is 0 Å². The van der Waals surface area contributed by atoms with Gasteiger partial charge in [0.1, 0.15) is 11.4 Å². The zero-order chi connectivity index (χ0) is 16.4. The number of hydrogen-bond donors (Lipinski definition) is 2. The number of methoxy groups -OCH3 is 1. The lowest BCUT2D eigenvalue weighted by Crippen LogP contribution is -2.62. The van der Waals surface area contributed by atoms with Gasteiger partial charge < -0.3 is 14.8 Å². The molecule has 1 amide bonds. The van der Waals surface area contributed by atoms with Crippen LogP contribution in [0.25, 0.3) is 0 Å². The minimum Gasteiger partial charge on any atom is -0.444 e. The third kappa shape index (κ3) is 4.18. The summed E-state index contributed by atoms with van der Waals surface area (Å²) in [7, 11) is 1.63. The van der Waals surface area contributed by atoms with Crippen LogP contribution in [0.3, 0.4) is 0 Å². The molecule has 1 aromatic carbocycles. The van der Waals surface area contributed by atoms with Crippen molar-refractivity contribution in [3.63, 3.8) is 0 Å². The van der Waals surface area contributed by atoms with E-state index < -0.39 is 11.7 Å². The fourth-order valence-electron chi connectivity index (χ4n) is 2.30. The molecule has 22 heavy (non-hydrogen) atoms. The van der Waals surface area contributed by atoms with Crippen molar-refractivity contribution in [2.45, 2.75) is 38.4 Å². The van der Waals surface area contributed by atoms with E-state index in [1.165, 1.54) is 12.1 Å². The lowest BCUT2D eigenvalue weighted by atomic mass is 9.88. The van der Waals surface area contributed by atoms with E-state index in [0.717, 1.165) is 0 Å². The molecule has 1 aliphatic heterocycles. The zero-order valence-electron chi connectivity index (χ0n) is 13.5. The maximum absolute atomic E-state index is 14.0. The first-order valence-corrected chi connectivity index (χ1v) is 7.27. The van der Waals surface area contributed by atoms with Crippen molar-refractivity contribution < 1.29 is 18.7 Å². The SMILES string of the molecule is COC1(Cc2cc(NC(=O)OC(C)(C)C)ccc2F)CNC1. The van der Waals surface area contributed by atoms with Gasteiger partial charge in [0.05, 0.1) is 5.60 Å². The van der Waals surface area contributed by atoms with E-state index in [-0.39, 0.29) is 11.4 Å². The quantitative estimate of drug-likeness (QED) is 0.898. The molecule has 0 spiro atoms. The molecule has 2 rings (SSSR count). The van der Waals surface area contributed by atoms with Crippen molar-refractivity contribution in [3.05, 3.63) is 29.6 Å². The highest BCUT2D eigenvalue weighted by Crippen LogP contribution is 2.25. The van der Waals surface area contributed by atoms with Crippen LogP contribution in [0.1, 0.15) is 26.3 Å². The van der Waals surface area contributed by atoms with E-state index in [1.807, 2.05) is 0 Å². The molecular weight excluding hydrogens is 287 g/mol. The number of anilines is 1. The maximum Gasteiger partial charge on any atom is 0.412 e. The Morgan fingerprint density at radius 3 is 2.59 bits per heavy atom. The van der Waals surface area contributed by atoms with Gasteiger partial charge in [0, 0.05) is 32.3 Å². The van der Waals surface area contributed by atoms with Crippen molar-refractivity contribution in [2.75, 3.05) is 25.5 Å². The number of halogens is 1. The Morgan fingerprint density at radius 2 is 2.09 bits per heavy atom. The largest absolute Gasteiger partial charge is 0.444 e. The molecular formula is C16H23FN2O3. The molecule has 1 aromatic rings. The van der Waals surface area contributed by atoms with Crippen molar-refractivity contribution in [1.82, 2.24) is 5.32 Å².